The summed E-state index contributed by atoms with van der Waals surface area (Å²) in [5.41, 5.74) is 0. The van der Waals surface area contributed by atoms with Crippen LogP contribution in [0.2, 0.25) is 0 Å². The number of ether oxygens (including phenoxy) is 1. The number of allylic oxidation sites excluding steroid dienone is 15. The Morgan fingerprint density at radius 2 is 0.984 bits per heavy atom. The van der Waals surface area contributed by atoms with Gasteiger partial charge in [0.1, 0.15) is 6.10 Å². The van der Waals surface area contributed by atoms with Crippen molar-refractivity contribution in [1.29, 1.82) is 0 Å². The van der Waals surface area contributed by atoms with E-state index < -0.39 is 18.2 Å². The van der Waals surface area contributed by atoms with Crippen LogP contribution < -0.4 is 5.32 Å². The molecule has 0 radical (unpaired) electrons. The summed E-state index contributed by atoms with van der Waals surface area (Å²) in [4.78, 5) is 26.1. The van der Waals surface area contributed by atoms with Gasteiger partial charge in [-0.2, -0.15) is 0 Å². The molecule has 0 spiro atoms. The molecule has 348 valence electrons. The molecule has 0 aromatic carbocycles. The Morgan fingerprint density at radius 3 is 1.51 bits per heavy atom. The fraction of sp³-hybridized carbons (Fsp3) is 0.673. The van der Waals surface area contributed by atoms with Crippen LogP contribution in [0.5, 0.6) is 0 Å². The number of rotatable bonds is 43. The molecule has 3 unspecified atom stereocenters. The van der Waals surface area contributed by atoms with E-state index in [9.17, 15) is 19.8 Å². The predicted molar refractivity (Wildman–Crippen MR) is 264 cm³/mol. The van der Waals surface area contributed by atoms with Crippen LogP contribution in [0.3, 0.4) is 0 Å². The summed E-state index contributed by atoms with van der Waals surface area (Å²) in [7, 11) is 0. The minimum Gasteiger partial charge on any atom is -0.461 e. The van der Waals surface area contributed by atoms with Gasteiger partial charge in [-0.1, -0.05) is 227 Å². The Morgan fingerprint density at radius 1 is 0.525 bits per heavy atom. The number of aliphatic hydroxyl groups is 2. The molecule has 6 heteroatoms. The lowest BCUT2D eigenvalue weighted by Gasteiger charge is -2.24. The largest absolute Gasteiger partial charge is 0.461 e. The fourth-order valence-electron chi connectivity index (χ4n) is 6.98. The van der Waals surface area contributed by atoms with Gasteiger partial charge in [0.05, 0.1) is 25.2 Å². The molecule has 3 atom stereocenters. The molecule has 0 saturated carbocycles. The average Bonchev–Trinajstić information content (AvgIpc) is 3.25. The molecule has 0 bridgehead atoms. The molecule has 3 N–H and O–H groups in total. The number of nitrogens with one attached hydrogen (secondary N) is 1. The van der Waals surface area contributed by atoms with Crippen LogP contribution in [0.25, 0.3) is 0 Å². The number of hydrogen-bond acceptors (Lipinski definition) is 5. The number of esters is 1. The Kier molecular flexibility index (Phi) is 45.3. The highest BCUT2D eigenvalue weighted by atomic mass is 16.5. The van der Waals surface area contributed by atoms with Crippen molar-refractivity contribution in [3.05, 3.63) is 97.2 Å². The van der Waals surface area contributed by atoms with E-state index in [0.29, 0.717) is 19.3 Å². The summed E-state index contributed by atoms with van der Waals surface area (Å²) in [6, 6.07) is -0.741. The van der Waals surface area contributed by atoms with Crippen molar-refractivity contribution in [3.63, 3.8) is 0 Å². The quantitative estimate of drug-likeness (QED) is 0.0246. The molecule has 0 saturated heterocycles. The van der Waals surface area contributed by atoms with Crippen LogP contribution in [0, 0.1) is 0 Å². The second-order valence-electron chi connectivity index (χ2n) is 16.5. The lowest BCUT2D eigenvalue weighted by Crippen LogP contribution is -2.46. The van der Waals surface area contributed by atoms with Crippen molar-refractivity contribution < 1.29 is 24.5 Å². The van der Waals surface area contributed by atoms with Gasteiger partial charge in [0.15, 0.2) is 0 Å². The summed E-state index contributed by atoms with van der Waals surface area (Å²) in [5.74, 6) is -0.611. The van der Waals surface area contributed by atoms with E-state index in [1.165, 1.54) is 70.6 Å². The number of aliphatic hydroxyl groups excluding tert-OH is 2. The molecule has 0 fully saturated rings. The molecule has 0 aromatic rings. The van der Waals surface area contributed by atoms with Crippen LogP contribution >= 0.6 is 0 Å². The number of unbranched alkanes of at least 4 members (excludes halogenated alkanes) is 18. The van der Waals surface area contributed by atoms with Crippen molar-refractivity contribution in [2.24, 2.45) is 0 Å². The lowest BCUT2D eigenvalue weighted by atomic mass is 10.0. The number of carbonyl (C=O) groups is 2. The Hall–Kier alpha value is -3.22. The van der Waals surface area contributed by atoms with Crippen molar-refractivity contribution in [2.45, 2.75) is 232 Å². The topological polar surface area (TPSA) is 95.9 Å². The predicted octanol–water partition coefficient (Wildman–Crippen LogP) is 14.9. The minimum absolute atomic E-state index is 0.0142. The van der Waals surface area contributed by atoms with Crippen LogP contribution in [0.4, 0.5) is 0 Å². The monoisotopic (exact) mass is 848 g/mol. The van der Waals surface area contributed by atoms with E-state index in [1.807, 2.05) is 12.2 Å². The molecular formula is C55H93NO5. The third-order valence-electron chi connectivity index (χ3n) is 10.7. The Labute approximate surface area is 376 Å². The van der Waals surface area contributed by atoms with Gasteiger partial charge in [0.25, 0.3) is 0 Å². The van der Waals surface area contributed by atoms with Gasteiger partial charge in [-0.25, -0.2) is 0 Å². The Balaban J connectivity index is 4.76. The van der Waals surface area contributed by atoms with E-state index in [1.54, 1.807) is 0 Å². The molecular weight excluding hydrogens is 755 g/mol. The number of hydrogen-bond donors (Lipinski definition) is 3. The normalized spacial score (nSPS) is 14.1. The van der Waals surface area contributed by atoms with E-state index in [0.717, 1.165) is 96.3 Å². The maximum absolute atomic E-state index is 13.2. The van der Waals surface area contributed by atoms with Crippen LogP contribution in [-0.2, 0) is 14.3 Å². The zero-order chi connectivity index (χ0) is 44.5. The highest BCUT2D eigenvalue weighted by Gasteiger charge is 2.23. The van der Waals surface area contributed by atoms with E-state index in [4.69, 9.17) is 4.74 Å². The summed E-state index contributed by atoms with van der Waals surface area (Å²) >= 11 is 0. The SMILES string of the molecule is CC/C=C\C/C=C\C/C=C\C/C=C\C/C=C\CC(CC(=O)NC(CO)C(O)CCCCCCCCCCCCCCCC)OC(=O)CCCCCCC\C=C/C=C/C=C/CC. The van der Waals surface area contributed by atoms with Crippen molar-refractivity contribution >= 4 is 11.9 Å². The van der Waals surface area contributed by atoms with Gasteiger partial charge >= 0.3 is 5.97 Å². The molecule has 0 aliphatic carbocycles. The van der Waals surface area contributed by atoms with Gasteiger partial charge in [0.2, 0.25) is 5.91 Å². The molecule has 0 aliphatic heterocycles. The molecule has 1 amide bonds. The third kappa shape index (κ3) is 43.2. The first-order chi connectivity index (χ1) is 30.0. The van der Waals surface area contributed by atoms with Gasteiger partial charge in [-0.3, -0.25) is 9.59 Å². The van der Waals surface area contributed by atoms with Crippen molar-refractivity contribution in [1.82, 2.24) is 5.32 Å². The van der Waals surface area contributed by atoms with Crippen LogP contribution in [-0.4, -0.2) is 46.9 Å². The highest BCUT2D eigenvalue weighted by molar-refractivity contribution is 5.77. The molecule has 0 rings (SSSR count). The van der Waals surface area contributed by atoms with Crippen LogP contribution in [0.15, 0.2) is 97.2 Å². The zero-order valence-electron chi connectivity index (χ0n) is 39.5. The Bertz CT molecular complexity index is 1220. The highest BCUT2D eigenvalue weighted by Crippen LogP contribution is 2.16. The van der Waals surface area contributed by atoms with E-state index in [2.05, 4.69) is 111 Å². The van der Waals surface area contributed by atoms with Gasteiger partial charge in [-0.15, -0.1) is 0 Å². The number of carbonyl (C=O) groups excluding carboxylic acids is 2. The average molecular weight is 848 g/mol. The summed E-state index contributed by atoms with van der Waals surface area (Å²) in [6.07, 6.45) is 63.4. The molecule has 0 aliphatic rings. The van der Waals surface area contributed by atoms with Gasteiger partial charge in [0, 0.05) is 12.8 Å². The molecule has 61 heavy (non-hydrogen) atoms. The lowest BCUT2D eigenvalue weighted by molar-refractivity contribution is -0.150. The summed E-state index contributed by atoms with van der Waals surface area (Å²) < 4.78 is 5.85. The van der Waals surface area contributed by atoms with Crippen LogP contribution in [0.1, 0.15) is 213 Å². The van der Waals surface area contributed by atoms with Gasteiger partial charge in [-0.05, 0) is 64.2 Å². The standard InChI is InChI=1S/C55H93NO5/c1-4-7-10-13-16-19-22-25-27-29-31-34-37-40-43-46-51(61-55(60)48-45-42-39-36-33-28-24-21-18-15-12-9-6-3)49-54(59)56-52(50-57)53(58)47-44-41-38-35-32-30-26-23-20-17-14-11-8-5-2/h7,9-10,12,15-16,18-19,21,24-25,27,31,34,40,43,51-53,57-58H,4-6,8,11,13-14,17,20,22-23,26,28-30,32-33,35-39,41-42,44-50H2,1-3H3,(H,56,59)/b10-7-,12-9+,18-15+,19-16-,24-21-,27-25-,34-31-,43-40-. The second-order valence-corrected chi connectivity index (χ2v) is 16.5. The van der Waals surface area contributed by atoms with E-state index in [-0.39, 0.29) is 24.9 Å². The van der Waals surface area contributed by atoms with Crippen molar-refractivity contribution in [2.75, 3.05) is 6.61 Å². The first kappa shape index (κ1) is 57.8. The fourth-order valence-corrected chi connectivity index (χ4v) is 6.98. The second kappa shape index (κ2) is 47.8. The van der Waals surface area contributed by atoms with E-state index >= 15 is 0 Å². The first-order valence-corrected chi connectivity index (χ1v) is 25.0. The zero-order valence-corrected chi connectivity index (χ0v) is 39.5. The maximum Gasteiger partial charge on any atom is 0.306 e. The third-order valence-corrected chi connectivity index (χ3v) is 10.7. The summed E-state index contributed by atoms with van der Waals surface area (Å²) in [5, 5.41) is 23.7. The minimum atomic E-state index is -0.820. The van der Waals surface area contributed by atoms with Crippen molar-refractivity contribution in [3.8, 4) is 0 Å². The molecule has 0 aromatic heterocycles. The maximum atomic E-state index is 13.2. The first-order valence-electron chi connectivity index (χ1n) is 25.0. The van der Waals surface area contributed by atoms with Gasteiger partial charge < -0.3 is 20.3 Å². The molecule has 6 nitrogen and oxygen atoms in total. The summed E-state index contributed by atoms with van der Waals surface area (Å²) in [6.45, 7) is 6.19. The molecule has 0 heterocycles. The number of amides is 1. The smallest absolute Gasteiger partial charge is 0.306 e.